The van der Waals surface area contributed by atoms with Gasteiger partial charge in [-0.3, -0.25) is 9.59 Å². The van der Waals surface area contributed by atoms with Crippen molar-refractivity contribution in [2.75, 3.05) is 38.5 Å². The second kappa shape index (κ2) is 11.7. The molecule has 234 valence electrons. The molecule has 2 saturated heterocycles. The number of nitrogens with zero attached hydrogens (tertiary/aromatic N) is 3. The number of hydrogen-bond acceptors (Lipinski definition) is 8. The van der Waals surface area contributed by atoms with E-state index in [1.807, 2.05) is 0 Å². The van der Waals surface area contributed by atoms with Crippen LogP contribution in [-0.4, -0.2) is 90.9 Å². The minimum Gasteiger partial charge on any atom is -0.464 e. The van der Waals surface area contributed by atoms with Gasteiger partial charge in [0, 0.05) is 56.8 Å². The summed E-state index contributed by atoms with van der Waals surface area (Å²) in [5.74, 6) is -2.20. The first kappa shape index (κ1) is 30.7. The van der Waals surface area contributed by atoms with Gasteiger partial charge in [0.2, 0.25) is 11.5 Å². The summed E-state index contributed by atoms with van der Waals surface area (Å²) in [5.41, 5.74) is 0.588. The van der Waals surface area contributed by atoms with Crippen LogP contribution in [0.2, 0.25) is 0 Å². The maximum Gasteiger partial charge on any atom is 0.419 e. The Kier molecular flexibility index (Phi) is 8.17. The van der Waals surface area contributed by atoms with E-state index < -0.39 is 58.2 Å². The standard InChI is InChI=1S/C27H29FN6O9S/c1-29-24(37)30-20-6-7-21-18(10-20)8-9-27(21)23(36)34(26(40)43-27)15-22(35)32(11-16-2-4-19(28)5-3-16)12-17-13-33(14-17)44(41,42)31-25(38)39/h2-7,10,17,31H,8-9,11-15H2,1H3,(H,38,39)(H2,29,30,37)/t27-/m1/s1. The zero-order chi connectivity index (χ0) is 31.8. The van der Waals surface area contributed by atoms with Crippen molar-refractivity contribution in [1.82, 2.24) is 24.1 Å². The summed E-state index contributed by atoms with van der Waals surface area (Å²) in [6, 6.07) is 9.80. The number of nitrogens with one attached hydrogen (secondary N) is 3. The number of carbonyl (C=O) groups is 5. The maximum atomic E-state index is 13.7. The first-order valence-electron chi connectivity index (χ1n) is 13.5. The fourth-order valence-electron chi connectivity index (χ4n) is 5.55. The Morgan fingerprint density at radius 2 is 1.84 bits per heavy atom. The monoisotopic (exact) mass is 632 g/mol. The number of carboxylic acid groups (broad SMARTS) is 1. The van der Waals surface area contributed by atoms with Crippen molar-refractivity contribution in [3.63, 3.8) is 0 Å². The molecule has 1 spiro atoms. The van der Waals surface area contributed by atoms with Crippen molar-refractivity contribution in [3.05, 3.63) is 65.0 Å². The molecule has 0 saturated carbocycles. The quantitative estimate of drug-likeness (QED) is 0.314. The number of fused-ring (bicyclic) bond motifs is 2. The number of halogens is 1. The van der Waals surface area contributed by atoms with Crippen LogP contribution >= 0.6 is 0 Å². The van der Waals surface area contributed by atoms with Gasteiger partial charge in [0.25, 0.3) is 5.91 Å². The molecule has 1 atom stereocenters. The number of anilines is 1. The van der Waals surface area contributed by atoms with Crippen LogP contribution in [0.5, 0.6) is 0 Å². The Labute approximate surface area is 251 Å². The van der Waals surface area contributed by atoms with Gasteiger partial charge in [0.1, 0.15) is 12.4 Å². The highest BCUT2D eigenvalue weighted by molar-refractivity contribution is 7.87. The fourth-order valence-corrected chi connectivity index (χ4v) is 6.71. The number of benzene rings is 2. The van der Waals surface area contributed by atoms with Gasteiger partial charge in [-0.1, -0.05) is 18.2 Å². The maximum absolute atomic E-state index is 13.7. The van der Waals surface area contributed by atoms with E-state index in [1.165, 1.54) is 40.9 Å². The second-order valence-corrected chi connectivity index (χ2v) is 12.3. The SMILES string of the molecule is CNC(=O)Nc1ccc2c(c1)CC[C@@]21OC(=O)N(CC(=O)N(Cc2ccc(F)cc2)CC2CN(S(=O)(=O)NC(=O)O)C2)C1=O. The average molecular weight is 633 g/mol. The van der Waals surface area contributed by atoms with Crippen LogP contribution in [-0.2, 0) is 43.1 Å². The molecule has 44 heavy (non-hydrogen) atoms. The van der Waals surface area contributed by atoms with Gasteiger partial charge in [-0.05, 0) is 41.8 Å². The Balaban J connectivity index is 1.30. The predicted molar refractivity (Wildman–Crippen MR) is 150 cm³/mol. The molecule has 2 fully saturated rings. The smallest absolute Gasteiger partial charge is 0.419 e. The number of rotatable bonds is 9. The minimum atomic E-state index is -4.26. The summed E-state index contributed by atoms with van der Waals surface area (Å²) in [7, 11) is -2.79. The molecule has 5 rings (SSSR count). The molecule has 1 aliphatic carbocycles. The van der Waals surface area contributed by atoms with E-state index in [0.29, 0.717) is 28.8 Å². The van der Waals surface area contributed by atoms with Crippen LogP contribution in [0, 0.1) is 11.7 Å². The van der Waals surface area contributed by atoms with Gasteiger partial charge in [0.05, 0.1) is 0 Å². The molecule has 0 aromatic heterocycles. The van der Waals surface area contributed by atoms with E-state index in [2.05, 4.69) is 10.6 Å². The lowest BCUT2D eigenvalue weighted by molar-refractivity contribution is -0.142. The lowest BCUT2D eigenvalue weighted by atomic mass is 9.94. The number of aryl methyl sites for hydroxylation is 1. The molecule has 15 nitrogen and oxygen atoms in total. The van der Waals surface area contributed by atoms with Crippen LogP contribution in [0.15, 0.2) is 42.5 Å². The van der Waals surface area contributed by atoms with Crippen molar-refractivity contribution < 1.29 is 46.6 Å². The number of carbonyl (C=O) groups excluding carboxylic acids is 4. The van der Waals surface area contributed by atoms with E-state index in [1.54, 1.807) is 18.2 Å². The van der Waals surface area contributed by atoms with Crippen LogP contribution in [0.3, 0.4) is 0 Å². The number of amides is 6. The minimum absolute atomic E-state index is 0.0153. The van der Waals surface area contributed by atoms with Crippen molar-refractivity contribution in [3.8, 4) is 0 Å². The van der Waals surface area contributed by atoms with Crippen LogP contribution < -0.4 is 15.4 Å². The Morgan fingerprint density at radius 3 is 2.50 bits per heavy atom. The van der Waals surface area contributed by atoms with Crippen molar-refractivity contribution >= 4 is 45.9 Å². The van der Waals surface area contributed by atoms with Crippen LogP contribution in [0.25, 0.3) is 0 Å². The van der Waals surface area contributed by atoms with Crippen LogP contribution in [0.1, 0.15) is 23.1 Å². The summed E-state index contributed by atoms with van der Waals surface area (Å²) < 4.78 is 45.7. The summed E-state index contributed by atoms with van der Waals surface area (Å²) >= 11 is 0. The van der Waals surface area contributed by atoms with Gasteiger partial charge in [-0.25, -0.2) is 28.4 Å². The molecule has 17 heteroatoms. The van der Waals surface area contributed by atoms with E-state index >= 15 is 0 Å². The molecule has 0 bridgehead atoms. The Bertz CT molecular complexity index is 1630. The van der Waals surface area contributed by atoms with Crippen molar-refractivity contribution in [1.29, 1.82) is 0 Å². The van der Waals surface area contributed by atoms with Crippen molar-refractivity contribution in [2.24, 2.45) is 5.92 Å². The highest BCUT2D eigenvalue weighted by Crippen LogP contribution is 2.46. The molecule has 2 aliphatic heterocycles. The summed E-state index contributed by atoms with van der Waals surface area (Å²) in [6.07, 6.45) is -2.19. The van der Waals surface area contributed by atoms with E-state index in [0.717, 1.165) is 9.21 Å². The van der Waals surface area contributed by atoms with Gasteiger partial charge < -0.3 is 25.4 Å². The highest BCUT2D eigenvalue weighted by atomic mass is 32.2. The normalized spacial score (nSPS) is 19.7. The highest BCUT2D eigenvalue weighted by Gasteiger charge is 2.58. The number of imide groups is 1. The van der Waals surface area contributed by atoms with Crippen LogP contribution in [0.4, 0.5) is 24.5 Å². The number of urea groups is 1. The molecule has 2 aromatic carbocycles. The van der Waals surface area contributed by atoms with Gasteiger partial charge in [-0.15, -0.1) is 0 Å². The molecule has 2 aromatic rings. The molecular weight excluding hydrogens is 603 g/mol. The van der Waals surface area contributed by atoms with E-state index in [-0.39, 0.29) is 38.5 Å². The lowest BCUT2D eigenvalue weighted by Gasteiger charge is -2.40. The first-order valence-corrected chi connectivity index (χ1v) is 15.0. The van der Waals surface area contributed by atoms with E-state index in [4.69, 9.17) is 9.84 Å². The molecule has 6 amide bonds. The number of hydrogen-bond donors (Lipinski definition) is 4. The predicted octanol–water partition coefficient (Wildman–Crippen LogP) is 1.17. The summed E-state index contributed by atoms with van der Waals surface area (Å²) in [6.45, 7) is -0.806. The average Bonchev–Trinajstić information content (AvgIpc) is 3.41. The summed E-state index contributed by atoms with van der Waals surface area (Å²) in [4.78, 5) is 64.7. The van der Waals surface area contributed by atoms with Crippen molar-refractivity contribution in [2.45, 2.75) is 25.0 Å². The zero-order valence-corrected chi connectivity index (χ0v) is 24.2. The zero-order valence-electron chi connectivity index (χ0n) is 23.4. The van der Waals surface area contributed by atoms with E-state index in [9.17, 15) is 36.8 Å². The molecule has 3 aliphatic rings. The second-order valence-electron chi connectivity index (χ2n) is 10.7. The third kappa shape index (κ3) is 6.00. The first-order chi connectivity index (χ1) is 20.8. The lowest BCUT2D eigenvalue weighted by Crippen LogP contribution is -2.58. The summed E-state index contributed by atoms with van der Waals surface area (Å²) in [5, 5.41) is 13.9. The molecule has 0 radical (unpaired) electrons. The Hall–Kier alpha value is -4.77. The topological polar surface area (TPSA) is 195 Å². The largest absolute Gasteiger partial charge is 0.464 e. The Morgan fingerprint density at radius 1 is 1.14 bits per heavy atom. The molecule has 2 heterocycles. The van der Waals surface area contributed by atoms with Gasteiger partial charge in [0.15, 0.2) is 0 Å². The molecule has 0 unspecified atom stereocenters. The molecular formula is C27H29FN6O9S. The third-order valence-electron chi connectivity index (χ3n) is 7.74. The molecule has 4 N–H and O–H groups in total. The van der Waals surface area contributed by atoms with Gasteiger partial charge in [-0.2, -0.15) is 12.7 Å². The third-order valence-corrected chi connectivity index (χ3v) is 9.15. The number of ether oxygens (including phenoxy) is 1. The van der Waals surface area contributed by atoms with Gasteiger partial charge >= 0.3 is 28.4 Å². The fraction of sp³-hybridized carbons (Fsp3) is 0.370.